The molecule has 0 saturated heterocycles. The second kappa shape index (κ2) is 6.62. The normalized spacial score (nSPS) is 11.7. The van der Waals surface area contributed by atoms with E-state index in [1.165, 1.54) is 6.07 Å². The Labute approximate surface area is 137 Å². The topological polar surface area (TPSA) is 66.8 Å². The van der Waals surface area contributed by atoms with Gasteiger partial charge in [0, 0.05) is 10.8 Å². The van der Waals surface area contributed by atoms with Crippen molar-refractivity contribution in [1.29, 1.82) is 0 Å². The summed E-state index contributed by atoms with van der Waals surface area (Å²) in [6.07, 6.45) is 0. The lowest BCUT2D eigenvalue weighted by molar-refractivity contribution is 0.0693. The van der Waals surface area contributed by atoms with Crippen molar-refractivity contribution in [3.05, 3.63) is 35.4 Å². The number of aromatic hydroxyl groups is 1. The predicted molar refractivity (Wildman–Crippen MR) is 95.1 cm³/mol. The average molecular weight is 332 g/mol. The Bertz CT molecular complexity index is 727. The lowest BCUT2D eigenvalue weighted by atomic mass is 10.0. The van der Waals surface area contributed by atoms with Gasteiger partial charge in [0.1, 0.15) is 17.1 Å². The molecule has 0 aliphatic rings. The van der Waals surface area contributed by atoms with Gasteiger partial charge in [-0.2, -0.15) is 0 Å². The van der Waals surface area contributed by atoms with Crippen LogP contribution in [0.1, 0.15) is 36.7 Å². The molecule has 23 heavy (non-hydrogen) atoms. The van der Waals surface area contributed by atoms with Crippen LogP contribution in [0.25, 0.3) is 10.8 Å². The Hall–Kier alpha value is -2.01. The summed E-state index contributed by atoms with van der Waals surface area (Å²) >= 11 is 0. The van der Waals surface area contributed by atoms with Gasteiger partial charge in [0.25, 0.3) is 8.32 Å². The molecule has 0 heterocycles. The highest BCUT2D eigenvalue weighted by Crippen LogP contribution is 2.39. The summed E-state index contributed by atoms with van der Waals surface area (Å²) in [5.74, 6) is -0.765. The number of carboxylic acid groups (broad SMARTS) is 1. The Balaban J connectivity index is 2.73. The minimum absolute atomic E-state index is 0.109. The maximum Gasteiger partial charge on any atom is 0.339 e. The third-order valence-electron chi connectivity index (χ3n) is 4.72. The molecule has 0 amide bonds. The van der Waals surface area contributed by atoms with Crippen molar-refractivity contribution in [2.24, 2.45) is 0 Å². The number of hydrogen-bond acceptors (Lipinski definition) is 3. The van der Waals surface area contributed by atoms with Crippen LogP contribution in [0, 0.1) is 6.92 Å². The maximum absolute atomic E-state index is 11.5. The van der Waals surface area contributed by atoms with Crippen molar-refractivity contribution < 1.29 is 19.4 Å². The van der Waals surface area contributed by atoms with E-state index in [9.17, 15) is 15.0 Å². The van der Waals surface area contributed by atoms with Gasteiger partial charge >= 0.3 is 5.97 Å². The van der Waals surface area contributed by atoms with Crippen molar-refractivity contribution in [2.45, 2.75) is 45.8 Å². The minimum atomic E-state index is -1.94. The van der Waals surface area contributed by atoms with Crippen molar-refractivity contribution in [1.82, 2.24) is 0 Å². The molecule has 0 radical (unpaired) electrons. The predicted octanol–water partition coefficient (Wildman–Crippen LogP) is 4.94. The summed E-state index contributed by atoms with van der Waals surface area (Å²) in [7, 11) is -1.94. The van der Waals surface area contributed by atoms with E-state index in [4.69, 9.17) is 4.43 Å². The van der Waals surface area contributed by atoms with E-state index in [1.54, 1.807) is 6.07 Å². The quantitative estimate of drug-likeness (QED) is 0.736. The highest BCUT2D eigenvalue weighted by molar-refractivity contribution is 6.74. The second-order valence-electron chi connectivity index (χ2n) is 5.97. The lowest BCUT2D eigenvalue weighted by Gasteiger charge is -2.30. The van der Waals surface area contributed by atoms with Crippen LogP contribution in [0.2, 0.25) is 18.1 Å². The lowest BCUT2D eigenvalue weighted by Crippen LogP contribution is -2.39. The second-order valence-corrected chi connectivity index (χ2v) is 10.7. The van der Waals surface area contributed by atoms with E-state index >= 15 is 0 Å². The number of carbonyl (C=O) groups is 1. The summed E-state index contributed by atoms with van der Waals surface area (Å²) in [5.41, 5.74) is 0.934. The molecule has 2 aromatic carbocycles. The number of aryl methyl sites for hydroxylation is 1. The number of carboxylic acids is 1. The first-order valence-corrected chi connectivity index (χ1v) is 10.6. The Morgan fingerprint density at radius 2 is 1.70 bits per heavy atom. The first-order chi connectivity index (χ1) is 10.9. The summed E-state index contributed by atoms with van der Waals surface area (Å²) < 4.78 is 6.43. The molecule has 0 aromatic heterocycles. The van der Waals surface area contributed by atoms with E-state index in [-0.39, 0.29) is 11.3 Å². The molecule has 2 rings (SSSR count). The van der Waals surface area contributed by atoms with Gasteiger partial charge in [0.15, 0.2) is 0 Å². The van der Waals surface area contributed by atoms with Crippen LogP contribution in [0.5, 0.6) is 11.5 Å². The SMILES string of the molecule is CC[Si](CC)(CC)Oc1cc(C(=O)O)c(O)c2ccc(C)cc12. The van der Waals surface area contributed by atoms with Crippen LogP contribution in [0.15, 0.2) is 24.3 Å². The van der Waals surface area contributed by atoms with E-state index < -0.39 is 14.3 Å². The zero-order chi connectivity index (χ0) is 17.2. The van der Waals surface area contributed by atoms with Gasteiger partial charge in [-0.3, -0.25) is 0 Å². The van der Waals surface area contributed by atoms with Crippen molar-refractivity contribution in [3.8, 4) is 11.5 Å². The summed E-state index contributed by atoms with van der Waals surface area (Å²) in [6.45, 7) is 8.36. The third kappa shape index (κ3) is 3.20. The zero-order valence-electron chi connectivity index (χ0n) is 14.1. The molecule has 5 heteroatoms. The van der Waals surface area contributed by atoms with Gasteiger partial charge in [0.05, 0.1) is 0 Å². The minimum Gasteiger partial charge on any atom is -0.543 e. The van der Waals surface area contributed by atoms with E-state index in [2.05, 4.69) is 20.8 Å². The van der Waals surface area contributed by atoms with Gasteiger partial charge in [-0.1, -0.05) is 38.5 Å². The molecule has 0 atom stereocenters. The highest BCUT2D eigenvalue weighted by atomic mass is 28.4. The molecule has 0 aliphatic heterocycles. The monoisotopic (exact) mass is 332 g/mol. The number of phenols is 1. The number of benzene rings is 2. The highest BCUT2D eigenvalue weighted by Gasteiger charge is 2.32. The Morgan fingerprint density at radius 1 is 1.09 bits per heavy atom. The van der Waals surface area contributed by atoms with Crippen molar-refractivity contribution in [3.63, 3.8) is 0 Å². The molecular formula is C18H24O4Si. The molecule has 0 bridgehead atoms. The summed E-state index contributed by atoms with van der Waals surface area (Å²) in [6, 6.07) is 9.94. The average Bonchev–Trinajstić information content (AvgIpc) is 2.54. The van der Waals surface area contributed by atoms with Crippen LogP contribution >= 0.6 is 0 Å². The van der Waals surface area contributed by atoms with E-state index in [0.717, 1.165) is 29.1 Å². The summed E-state index contributed by atoms with van der Waals surface area (Å²) in [4.78, 5) is 11.5. The van der Waals surface area contributed by atoms with Gasteiger partial charge < -0.3 is 14.6 Å². The molecule has 124 valence electrons. The van der Waals surface area contributed by atoms with Crippen LogP contribution in [0.3, 0.4) is 0 Å². The molecule has 2 N–H and O–H groups in total. The fraction of sp³-hybridized carbons (Fsp3) is 0.389. The largest absolute Gasteiger partial charge is 0.543 e. The Kier molecular flexibility index (Phi) is 4.99. The molecule has 0 spiro atoms. The number of hydrogen-bond donors (Lipinski definition) is 2. The number of aromatic carboxylic acids is 1. The molecule has 0 aliphatic carbocycles. The van der Waals surface area contributed by atoms with Crippen LogP contribution < -0.4 is 4.43 Å². The molecule has 0 saturated carbocycles. The number of fused-ring (bicyclic) bond motifs is 1. The van der Waals surface area contributed by atoms with E-state index in [1.807, 2.05) is 19.1 Å². The maximum atomic E-state index is 11.5. The van der Waals surface area contributed by atoms with Crippen LogP contribution in [-0.2, 0) is 0 Å². The first kappa shape index (κ1) is 17.3. The van der Waals surface area contributed by atoms with Gasteiger partial charge in [-0.15, -0.1) is 0 Å². The first-order valence-electron chi connectivity index (χ1n) is 8.06. The molecule has 0 fully saturated rings. The zero-order valence-corrected chi connectivity index (χ0v) is 15.1. The fourth-order valence-electron chi connectivity index (χ4n) is 2.94. The van der Waals surface area contributed by atoms with Crippen LogP contribution in [-0.4, -0.2) is 24.5 Å². The fourth-order valence-corrected chi connectivity index (χ4v) is 5.51. The third-order valence-corrected chi connectivity index (χ3v) is 9.24. The molecule has 0 unspecified atom stereocenters. The Morgan fingerprint density at radius 3 is 2.22 bits per heavy atom. The van der Waals surface area contributed by atoms with E-state index in [0.29, 0.717) is 11.1 Å². The molecular weight excluding hydrogens is 308 g/mol. The van der Waals surface area contributed by atoms with Crippen LogP contribution in [0.4, 0.5) is 0 Å². The van der Waals surface area contributed by atoms with Crippen molar-refractivity contribution >= 4 is 25.1 Å². The van der Waals surface area contributed by atoms with Gasteiger partial charge in [-0.05, 0) is 37.2 Å². The molecule has 2 aromatic rings. The molecule has 4 nitrogen and oxygen atoms in total. The summed E-state index contributed by atoms with van der Waals surface area (Å²) in [5, 5.41) is 21.0. The number of rotatable bonds is 6. The van der Waals surface area contributed by atoms with Gasteiger partial charge in [0.2, 0.25) is 0 Å². The van der Waals surface area contributed by atoms with Gasteiger partial charge in [-0.25, -0.2) is 4.79 Å². The van der Waals surface area contributed by atoms with Crippen molar-refractivity contribution in [2.75, 3.05) is 0 Å². The smallest absolute Gasteiger partial charge is 0.339 e. The standard InChI is InChI=1S/C18H24O4Si/c1-5-23(6-2,7-3)22-16-11-15(18(20)21)17(19)13-9-8-12(4)10-14(13)16/h8-11,19H,5-7H2,1-4H3,(H,20,21).